The minimum Gasteiger partial charge on any atom is -0.440 e. The van der Waals surface area contributed by atoms with Gasteiger partial charge in [0.05, 0.1) is 0 Å². The van der Waals surface area contributed by atoms with Crippen LogP contribution in [0.1, 0.15) is 32.1 Å². The minimum absolute atomic E-state index is 0.201. The first kappa shape index (κ1) is 18.5. The lowest BCUT2D eigenvalue weighted by atomic mass is 10.00. The minimum atomic E-state index is 0.201. The van der Waals surface area contributed by atoms with E-state index in [1.54, 1.807) is 0 Å². The molecule has 1 aliphatic rings. The maximum atomic E-state index is 12.6. The first-order chi connectivity index (χ1) is 13.7. The molecule has 1 aliphatic heterocycles. The van der Waals surface area contributed by atoms with Crippen LogP contribution in [-0.4, -0.2) is 28.9 Å². The number of hydrogen-bond acceptors (Lipinski definition) is 3. The van der Waals surface area contributed by atoms with Crippen molar-refractivity contribution in [2.45, 2.75) is 32.6 Å². The van der Waals surface area contributed by atoms with Crippen LogP contribution in [0.2, 0.25) is 0 Å². The predicted molar refractivity (Wildman–Crippen MR) is 111 cm³/mol. The van der Waals surface area contributed by atoms with E-state index in [4.69, 9.17) is 9.40 Å². The summed E-state index contributed by atoms with van der Waals surface area (Å²) in [5.74, 6) is 2.18. The van der Waals surface area contributed by atoms with Gasteiger partial charge in [0.2, 0.25) is 5.91 Å². The maximum absolute atomic E-state index is 12.6. The highest BCUT2D eigenvalue weighted by Crippen LogP contribution is 2.33. The van der Waals surface area contributed by atoms with Crippen LogP contribution in [0.15, 0.2) is 65.1 Å². The molecule has 1 aromatic heterocycles. The SMILES string of the molecule is CC1CCCN(C(=O)CCc2nc(-c3ccccc3)c(-c3ccccc3)o2)C1. The van der Waals surface area contributed by atoms with Crippen molar-refractivity contribution in [3.8, 4) is 22.6 Å². The molecule has 28 heavy (non-hydrogen) atoms. The molecule has 4 heteroatoms. The highest BCUT2D eigenvalue weighted by atomic mass is 16.4. The summed E-state index contributed by atoms with van der Waals surface area (Å²) < 4.78 is 6.13. The van der Waals surface area contributed by atoms with E-state index in [0.717, 1.165) is 42.1 Å². The van der Waals surface area contributed by atoms with Crippen LogP contribution in [0.25, 0.3) is 22.6 Å². The summed E-state index contributed by atoms with van der Waals surface area (Å²) >= 11 is 0. The largest absolute Gasteiger partial charge is 0.440 e. The zero-order valence-corrected chi connectivity index (χ0v) is 16.3. The Morgan fingerprint density at radius 3 is 2.43 bits per heavy atom. The lowest BCUT2D eigenvalue weighted by molar-refractivity contribution is -0.132. The molecule has 144 valence electrons. The monoisotopic (exact) mass is 374 g/mol. The summed E-state index contributed by atoms with van der Waals surface area (Å²) in [5.41, 5.74) is 2.85. The summed E-state index contributed by atoms with van der Waals surface area (Å²) in [6.07, 6.45) is 3.28. The van der Waals surface area contributed by atoms with Crippen molar-refractivity contribution in [2.24, 2.45) is 5.92 Å². The van der Waals surface area contributed by atoms with E-state index in [9.17, 15) is 4.79 Å². The van der Waals surface area contributed by atoms with Crippen LogP contribution in [0, 0.1) is 5.92 Å². The molecule has 3 aromatic rings. The van der Waals surface area contributed by atoms with Crippen molar-refractivity contribution in [1.82, 2.24) is 9.88 Å². The molecule has 2 aromatic carbocycles. The van der Waals surface area contributed by atoms with Gasteiger partial charge in [-0.05, 0) is 18.8 Å². The molecule has 0 aliphatic carbocycles. The van der Waals surface area contributed by atoms with Gasteiger partial charge in [-0.25, -0.2) is 4.98 Å². The van der Waals surface area contributed by atoms with Gasteiger partial charge in [-0.2, -0.15) is 0 Å². The topological polar surface area (TPSA) is 46.3 Å². The molecule has 1 amide bonds. The number of carbonyl (C=O) groups is 1. The fraction of sp³-hybridized carbons (Fsp3) is 0.333. The van der Waals surface area contributed by atoms with Crippen LogP contribution in [-0.2, 0) is 11.2 Å². The standard InChI is InChI=1S/C24H26N2O2/c1-18-9-8-16-26(17-18)22(27)15-14-21-25-23(19-10-4-2-5-11-19)24(28-21)20-12-6-3-7-13-20/h2-7,10-13,18H,8-9,14-17H2,1H3. The van der Waals surface area contributed by atoms with Crippen LogP contribution in [0.4, 0.5) is 0 Å². The Balaban J connectivity index is 1.55. The van der Waals surface area contributed by atoms with Crippen molar-refractivity contribution < 1.29 is 9.21 Å². The Labute approximate surface area is 166 Å². The molecule has 4 nitrogen and oxygen atoms in total. The summed E-state index contributed by atoms with van der Waals surface area (Å²) in [6, 6.07) is 20.1. The zero-order chi connectivity index (χ0) is 19.3. The second-order valence-electron chi connectivity index (χ2n) is 7.60. The Morgan fingerprint density at radius 2 is 1.75 bits per heavy atom. The van der Waals surface area contributed by atoms with Crippen molar-refractivity contribution in [3.05, 3.63) is 66.6 Å². The van der Waals surface area contributed by atoms with E-state index < -0.39 is 0 Å². The van der Waals surface area contributed by atoms with E-state index in [1.807, 2.05) is 65.6 Å². The average molecular weight is 374 g/mol. The van der Waals surface area contributed by atoms with Crippen molar-refractivity contribution in [2.75, 3.05) is 13.1 Å². The third-order valence-corrected chi connectivity index (χ3v) is 5.32. The van der Waals surface area contributed by atoms with Crippen LogP contribution in [0.3, 0.4) is 0 Å². The molecule has 0 saturated carbocycles. The van der Waals surface area contributed by atoms with Gasteiger partial charge < -0.3 is 9.32 Å². The molecule has 0 bridgehead atoms. The first-order valence-corrected chi connectivity index (χ1v) is 10.1. The number of rotatable bonds is 5. The Bertz CT molecular complexity index is 861. The number of aryl methyl sites for hydroxylation is 1. The molecule has 1 unspecified atom stereocenters. The van der Waals surface area contributed by atoms with Crippen molar-refractivity contribution in [3.63, 3.8) is 0 Å². The Hall–Kier alpha value is -2.88. The summed E-state index contributed by atoms with van der Waals surface area (Å²) in [7, 11) is 0. The summed E-state index contributed by atoms with van der Waals surface area (Å²) in [6.45, 7) is 3.96. The third-order valence-electron chi connectivity index (χ3n) is 5.32. The number of oxazole rings is 1. The van der Waals surface area contributed by atoms with Gasteiger partial charge in [-0.3, -0.25) is 4.79 Å². The summed E-state index contributed by atoms with van der Waals surface area (Å²) in [4.78, 5) is 19.4. The number of aromatic nitrogens is 1. The maximum Gasteiger partial charge on any atom is 0.223 e. The smallest absolute Gasteiger partial charge is 0.223 e. The molecule has 0 radical (unpaired) electrons. The highest BCUT2D eigenvalue weighted by molar-refractivity contribution is 5.78. The van der Waals surface area contributed by atoms with E-state index in [2.05, 4.69) is 6.92 Å². The van der Waals surface area contributed by atoms with Crippen molar-refractivity contribution in [1.29, 1.82) is 0 Å². The predicted octanol–water partition coefficient (Wildman–Crippen LogP) is 5.20. The fourth-order valence-electron chi connectivity index (χ4n) is 3.84. The van der Waals surface area contributed by atoms with E-state index in [1.165, 1.54) is 6.42 Å². The molecule has 1 fully saturated rings. The number of nitrogens with zero attached hydrogens (tertiary/aromatic N) is 2. The molecule has 1 saturated heterocycles. The number of benzene rings is 2. The Morgan fingerprint density at radius 1 is 1.07 bits per heavy atom. The molecule has 0 N–H and O–H groups in total. The van der Waals surface area contributed by atoms with Crippen LogP contribution in [0.5, 0.6) is 0 Å². The van der Waals surface area contributed by atoms with E-state index >= 15 is 0 Å². The van der Waals surface area contributed by atoms with Crippen LogP contribution >= 0.6 is 0 Å². The van der Waals surface area contributed by atoms with Gasteiger partial charge in [-0.1, -0.05) is 67.6 Å². The quantitative estimate of drug-likeness (QED) is 0.617. The zero-order valence-electron chi connectivity index (χ0n) is 16.3. The number of piperidine rings is 1. The Kier molecular flexibility index (Phi) is 5.56. The van der Waals surface area contributed by atoms with Gasteiger partial charge in [0, 0.05) is 37.1 Å². The second kappa shape index (κ2) is 8.42. The molecular weight excluding hydrogens is 348 g/mol. The molecule has 2 heterocycles. The lowest BCUT2D eigenvalue weighted by Crippen LogP contribution is -2.39. The highest BCUT2D eigenvalue weighted by Gasteiger charge is 2.22. The van der Waals surface area contributed by atoms with Crippen LogP contribution < -0.4 is 0 Å². The van der Waals surface area contributed by atoms with Gasteiger partial charge in [0.25, 0.3) is 0 Å². The van der Waals surface area contributed by atoms with Gasteiger partial charge in [0.15, 0.2) is 11.7 Å². The molecular formula is C24H26N2O2. The molecule has 4 rings (SSSR count). The second-order valence-corrected chi connectivity index (χ2v) is 7.60. The average Bonchev–Trinajstić information content (AvgIpc) is 3.18. The molecule has 0 spiro atoms. The number of amides is 1. The summed E-state index contributed by atoms with van der Waals surface area (Å²) in [5, 5.41) is 0. The third kappa shape index (κ3) is 4.16. The normalized spacial score (nSPS) is 16.9. The lowest BCUT2D eigenvalue weighted by Gasteiger charge is -2.30. The number of likely N-dealkylation sites (tertiary alicyclic amines) is 1. The van der Waals surface area contributed by atoms with Gasteiger partial charge in [0.1, 0.15) is 5.69 Å². The van der Waals surface area contributed by atoms with Crippen molar-refractivity contribution >= 4 is 5.91 Å². The molecule has 1 atom stereocenters. The van der Waals surface area contributed by atoms with Gasteiger partial charge >= 0.3 is 0 Å². The van der Waals surface area contributed by atoms with E-state index in [0.29, 0.717) is 24.7 Å². The fourth-order valence-corrected chi connectivity index (χ4v) is 3.84. The number of hydrogen-bond donors (Lipinski definition) is 0. The van der Waals surface area contributed by atoms with E-state index in [-0.39, 0.29) is 5.91 Å². The number of carbonyl (C=O) groups excluding carboxylic acids is 1. The first-order valence-electron chi connectivity index (χ1n) is 10.1. The van der Waals surface area contributed by atoms with Gasteiger partial charge in [-0.15, -0.1) is 0 Å².